The number of aromatic carboxylic acids is 1. The maximum atomic E-state index is 12.1. The molecule has 0 amide bonds. The molecule has 2 aliphatic heterocycles. The highest BCUT2D eigenvalue weighted by Crippen LogP contribution is 2.49. The van der Waals surface area contributed by atoms with Crippen molar-refractivity contribution in [1.82, 2.24) is 0 Å². The van der Waals surface area contributed by atoms with Crippen LogP contribution in [0.1, 0.15) is 94.1 Å². The van der Waals surface area contributed by atoms with Gasteiger partial charge in [0.25, 0.3) is 30.4 Å². The fraction of sp³-hybridized carbons (Fsp3) is 0.462. The highest BCUT2D eigenvalue weighted by Gasteiger charge is 2.44. The van der Waals surface area contributed by atoms with Crippen LogP contribution in [0.25, 0.3) is 0 Å². The van der Waals surface area contributed by atoms with E-state index in [2.05, 4.69) is 9.80 Å². The lowest BCUT2D eigenvalue weighted by molar-refractivity contribution is 0.0696. The molecule has 0 spiro atoms. The number of benzene rings is 2. The fourth-order valence-corrected chi connectivity index (χ4v) is 9.97. The van der Waals surface area contributed by atoms with Gasteiger partial charge in [0.1, 0.15) is 0 Å². The number of unbranched alkanes of at least 4 members (excludes halogenated alkanes) is 2. The fourth-order valence-electron chi connectivity index (χ4n) is 8.01. The van der Waals surface area contributed by atoms with Crippen LogP contribution in [0, 0.1) is 0 Å². The van der Waals surface area contributed by atoms with Gasteiger partial charge in [0, 0.05) is 46.0 Å². The number of hydrogen-bond donors (Lipinski definition) is 4. The smallest absolute Gasteiger partial charge is 0.335 e. The normalized spacial score (nSPS) is 21.0. The van der Waals surface area contributed by atoms with E-state index in [1.165, 1.54) is 12.1 Å². The second-order valence-corrected chi connectivity index (χ2v) is 20.6. The van der Waals surface area contributed by atoms with Crippen molar-refractivity contribution in [2.45, 2.75) is 94.4 Å². The number of anilines is 2. The van der Waals surface area contributed by atoms with Crippen LogP contribution in [-0.4, -0.2) is 80.6 Å². The SMILES string of the molecule is CC1(C)/C(=C\C=C2/CCCC(/C=C/C3N(CCCCS(=O)(=O)O)c4ccc(S(=O)(=O)O)cc4C3(C)C)=C2Cl)N(CCCCS(=O)(=O)O)c2ccc(C(=O)O)cc21. The summed E-state index contributed by atoms with van der Waals surface area (Å²) in [6.07, 6.45) is 11.5. The van der Waals surface area contributed by atoms with Gasteiger partial charge in [-0.25, -0.2) is 4.79 Å². The average molecular weight is 853 g/mol. The Hall–Kier alpha value is -3.51. The van der Waals surface area contributed by atoms with Crippen molar-refractivity contribution in [3.05, 3.63) is 99.3 Å². The van der Waals surface area contributed by atoms with Gasteiger partial charge in [0.2, 0.25) is 0 Å². The molecule has 1 unspecified atom stereocenters. The van der Waals surface area contributed by atoms with Crippen LogP contribution in [0.5, 0.6) is 0 Å². The molecule has 1 aliphatic carbocycles. The van der Waals surface area contributed by atoms with E-state index in [9.17, 15) is 48.8 Å². The highest BCUT2D eigenvalue weighted by atomic mass is 35.5. The van der Waals surface area contributed by atoms with Crippen molar-refractivity contribution in [1.29, 1.82) is 0 Å². The first kappa shape index (κ1) is 43.6. The number of hydrogen-bond acceptors (Lipinski definition) is 9. The number of fused-ring (bicyclic) bond motifs is 2. The molecule has 0 aromatic heterocycles. The van der Waals surface area contributed by atoms with Crippen molar-refractivity contribution in [3.63, 3.8) is 0 Å². The van der Waals surface area contributed by atoms with Crippen molar-refractivity contribution < 1.29 is 48.8 Å². The molecule has 0 saturated heterocycles. The molecule has 4 N–H and O–H groups in total. The molecule has 2 aromatic rings. The summed E-state index contributed by atoms with van der Waals surface area (Å²) in [5, 5.41) is 10.3. The van der Waals surface area contributed by atoms with Crippen molar-refractivity contribution in [2.24, 2.45) is 0 Å². The number of carboxylic acid groups (broad SMARTS) is 1. The lowest BCUT2D eigenvalue weighted by Crippen LogP contribution is -2.40. The maximum Gasteiger partial charge on any atom is 0.335 e. The molecule has 56 heavy (non-hydrogen) atoms. The van der Waals surface area contributed by atoms with E-state index >= 15 is 0 Å². The van der Waals surface area contributed by atoms with E-state index < -0.39 is 47.2 Å². The summed E-state index contributed by atoms with van der Waals surface area (Å²) in [6.45, 7) is 8.79. The zero-order chi connectivity index (χ0) is 41.4. The lowest BCUT2D eigenvalue weighted by Gasteiger charge is -2.33. The first-order valence-electron chi connectivity index (χ1n) is 18.3. The van der Waals surface area contributed by atoms with Crippen LogP contribution in [-0.2, 0) is 41.2 Å². The summed E-state index contributed by atoms with van der Waals surface area (Å²) in [5.74, 6) is -1.79. The number of allylic oxidation sites excluding steroid dienone is 7. The topological polar surface area (TPSA) is 207 Å². The quantitative estimate of drug-likeness (QED) is 0.103. The Morgan fingerprint density at radius 1 is 0.821 bits per heavy atom. The number of nitrogens with zero attached hydrogens (tertiary/aromatic N) is 2. The van der Waals surface area contributed by atoms with E-state index in [0.29, 0.717) is 49.4 Å². The molecule has 0 radical (unpaired) electrons. The van der Waals surface area contributed by atoms with E-state index in [-0.39, 0.29) is 40.8 Å². The molecule has 5 rings (SSSR count). The standard InChI is InChI=1S/C39H49ClN2O11S3/c1-38(2)30-24-28(37(43)44)12-16-32(30)41(20-5-7-22-54(45,46)47)34(38)18-13-26-10-9-11-27(36(26)40)14-19-35-39(3,4)31-25-29(56(51,52)53)15-17-33(31)42(35)21-6-8-23-55(48,49)50/h12-19,24-25,35H,5-11,20-23H2,1-4H3,(H,43,44)(H,45,46,47)(H,48,49,50)(H,51,52,53)/b19-14+,26-13+,34-18+. The molecule has 1 atom stereocenters. The molecule has 306 valence electrons. The Labute approximate surface area is 334 Å². The van der Waals surface area contributed by atoms with Crippen molar-refractivity contribution >= 4 is 59.3 Å². The highest BCUT2D eigenvalue weighted by molar-refractivity contribution is 7.86. The van der Waals surface area contributed by atoms with E-state index in [1.54, 1.807) is 24.3 Å². The molecule has 2 aromatic carbocycles. The number of carbonyl (C=O) groups is 1. The Kier molecular flexibility index (Phi) is 12.8. The first-order chi connectivity index (χ1) is 25.9. The zero-order valence-electron chi connectivity index (χ0n) is 31.8. The Bertz CT molecular complexity index is 2350. The monoisotopic (exact) mass is 852 g/mol. The van der Waals surface area contributed by atoms with Crippen molar-refractivity contribution in [3.8, 4) is 0 Å². The Balaban J connectivity index is 1.48. The second kappa shape index (κ2) is 16.4. The molecule has 3 aliphatic rings. The predicted octanol–water partition coefficient (Wildman–Crippen LogP) is 7.27. The van der Waals surface area contributed by atoms with Gasteiger partial charge in [0.15, 0.2) is 0 Å². The number of carboxylic acids is 1. The molecular weight excluding hydrogens is 804 g/mol. The van der Waals surface area contributed by atoms with Gasteiger partial charge in [-0.05, 0) is 110 Å². The van der Waals surface area contributed by atoms with Gasteiger partial charge in [-0.15, -0.1) is 0 Å². The molecule has 0 saturated carbocycles. The van der Waals surface area contributed by atoms with E-state index in [0.717, 1.165) is 40.2 Å². The molecule has 17 heteroatoms. The van der Waals surface area contributed by atoms with Gasteiger partial charge in [0.05, 0.1) is 28.0 Å². The molecule has 13 nitrogen and oxygen atoms in total. The van der Waals surface area contributed by atoms with Crippen LogP contribution >= 0.6 is 11.6 Å². The minimum atomic E-state index is -4.47. The largest absolute Gasteiger partial charge is 0.478 e. The second-order valence-electron chi connectivity index (χ2n) is 15.6. The predicted molar refractivity (Wildman–Crippen MR) is 218 cm³/mol. The average Bonchev–Trinajstić information content (AvgIpc) is 3.43. The lowest BCUT2D eigenvalue weighted by atomic mass is 9.80. The number of halogens is 1. The van der Waals surface area contributed by atoms with E-state index in [4.69, 9.17) is 11.6 Å². The van der Waals surface area contributed by atoms with Gasteiger partial charge >= 0.3 is 5.97 Å². The third-order valence-electron chi connectivity index (χ3n) is 10.9. The Morgan fingerprint density at radius 2 is 1.45 bits per heavy atom. The summed E-state index contributed by atoms with van der Waals surface area (Å²) >= 11 is 7.11. The van der Waals surface area contributed by atoms with Crippen LogP contribution in [0.4, 0.5) is 11.4 Å². The minimum Gasteiger partial charge on any atom is -0.478 e. The summed E-state index contributed by atoms with van der Waals surface area (Å²) < 4.78 is 97.9. The van der Waals surface area contributed by atoms with Crippen LogP contribution in [0.2, 0.25) is 0 Å². The third kappa shape index (κ3) is 9.77. The van der Waals surface area contributed by atoms with Gasteiger partial charge < -0.3 is 14.9 Å². The third-order valence-corrected chi connectivity index (χ3v) is 13.9. The molecule has 2 heterocycles. The van der Waals surface area contributed by atoms with Gasteiger partial charge in [-0.3, -0.25) is 13.7 Å². The molecular formula is C39H49ClN2O11S3. The molecule has 0 bridgehead atoms. The summed E-state index contributed by atoms with van der Waals surface area (Å²) in [5.41, 5.74) is 4.64. The maximum absolute atomic E-state index is 12.1. The van der Waals surface area contributed by atoms with Gasteiger partial charge in [-0.1, -0.05) is 57.5 Å². The Morgan fingerprint density at radius 3 is 2.05 bits per heavy atom. The van der Waals surface area contributed by atoms with Crippen LogP contribution in [0.3, 0.4) is 0 Å². The molecule has 0 fully saturated rings. The van der Waals surface area contributed by atoms with Crippen LogP contribution < -0.4 is 9.80 Å². The summed E-state index contributed by atoms with van der Waals surface area (Å²) in [7, 11) is -12.7. The van der Waals surface area contributed by atoms with Crippen LogP contribution in [0.15, 0.2) is 87.5 Å². The minimum absolute atomic E-state index is 0.154. The number of rotatable bonds is 15. The van der Waals surface area contributed by atoms with Gasteiger partial charge in [-0.2, -0.15) is 25.3 Å². The van der Waals surface area contributed by atoms with E-state index in [1.807, 2.05) is 52.0 Å². The first-order valence-corrected chi connectivity index (χ1v) is 23.4. The zero-order valence-corrected chi connectivity index (χ0v) is 35.0. The summed E-state index contributed by atoms with van der Waals surface area (Å²) in [6, 6.07) is 9.10. The van der Waals surface area contributed by atoms with Crippen molar-refractivity contribution in [2.75, 3.05) is 34.4 Å². The summed E-state index contributed by atoms with van der Waals surface area (Å²) in [4.78, 5) is 15.8.